The number of anilines is 1. The molecule has 1 rings (SSSR count). The first kappa shape index (κ1) is 16.7. The van der Waals surface area contributed by atoms with Crippen molar-refractivity contribution in [3.8, 4) is 5.75 Å². The number of rotatable bonds is 8. The maximum absolute atomic E-state index is 5.59. The minimum atomic E-state index is 0.633. The summed E-state index contributed by atoms with van der Waals surface area (Å²) in [5, 5.41) is 3.97. The van der Waals surface area contributed by atoms with E-state index < -0.39 is 0 Å². The third kappa shape index (κ3) is 5.35. The van der Waals surface area contributed by atoms with E-state index in [2.05, 4.69) is 17.1 Å². The molecule has 0 saturated carbocycles. The zero-order valence-corrected chi connectivity index (χ0v) is 13.3. The van der Waals surface area contributed by atoms with Crippen LogP contribution in [0.1, 0.15) is 20.3 Å². The lowest BCUT2D eigenvalue weighted by Crippen LogP contribution is -2.37. The van der Waals surface area contributed by atoms with Crippen molar-refractivity contribution in [1.82, 2.24) is 4.90 Å². The van der Waals surface area contributed by atoms with E-state index in [4.69, 9.17) is 21.7 Å². The molecule has 0 unspecified atom stereocenters. The molecule has 1 N–H and O–H groups in total. The normalized spacial score (nSPS) is 10.2. The van der Waals surface area contributed by atoms with Crippen molar-refractivity contribution in [3.63, 3.8) is 0 Å². The Balaban J connectivity index is 2.71. The van der Waals surface area contributed by atoms with E-state index in [0.29, 0.717) is 18.3 Å². The lowest BCUT2D eigenvalue weighted by molar-refractivity contribution is 0.177. The maximum atomic E-state index is 5.59. The first-order valence-corrected chi connectivity index (χ1v) is 7.40. The summed E-state index contributed by atoms with van der Waals surface area (Å²) in [7, 11) is 1.70. The summed E-state index contributed by atoms with van der Waals surface area (Å²) in [5.41, 5.74) is 0.901. The Morgan fingerprint density at radius 1 is 1.25 bits per heavy atom. The Hall–Kier alpha value is -1.33. The predicted molar refractivity (Wildman–Crippen MR) is 87.6 cm³/mol. The van der Waals surface area contributed by atoms with Gasteiger partial charge in [-0.3, -0.25) is 0 Å². The molecule has 1 aromatic rings. The van der Waals surface area contributed by atoms with Gasteiger partial charge in [0.05, 0.1) is 18.9 Å². The Morgan fingerprint density at radius 2 is 2.00 bits per heavy atom. The molecule has 5 heteroatoms. The average Bonchev–Trinajstić information content (AvgIpc) is 2.45. The number of ether oxygens (including phenoxy) is 2. The van der Waals surface area contributed by atoms with Crippen LogP contribution in [0.4, 0.5) is 5.69 Å². The molecule has 0 saturated heterocycles. The number of thiocarbonyl (C=S) groups is 1. The van der Waals surface area contributed by atoms with E-state index in [9.17, 15) is 0 Å². The molecule has 0 aromatic heterocycles. The zero-order valence-electron chi connectivity index (χ0n) is 12.5. The van der Waals surface area contributed by atoms with Gasteiger partial charge in [-0.1, -0.05) is 19.1 Å². The zero-order chi connectivity index (χ0) is 14.8. The Labute approximate surface area is 127 Å². The van der Waals surface area contributed by atoms with Crippen LogP contribution < -0.4 is 10.1 Å². The van der Waals surface area contributed by atoms with Gasteiger partial charge in [-0.15, -0.1) is 0 Å². The minimum absolute atomic E-state index is 0.633. The summed E-state index contributed by atoms with van der Waals surface area (Å²) in [5.74, 6) is 0.820. The first-order valence-electron chi connectivity index (χ1n) is 6.99. The standard InChI is InChI=1S/C15H24N2O2S/c1-4-10-17(11-12-18-3)15(20)16-13-8-6-7-9-14(13)19-5-2/h6-9H,4-5,10-12H2,1-3H3,(H,16,20). The fourth-order valence-corrected chi connectivity index (χ4v) is 2.12. The summed E-state index contributed by atoms with van der Waals surface area (Å²) in [6, 6.07) is 7.83. The SMILES string of the molecule is CCCN(CCOC)C(=S)Nc1ccccc1OCC. The van der Waals surface area contributed by atoms with Crippen LogP contribution >= 0.6 is 12.2 Å². The maximum Gasteiger partial charge on any atom is 0.173 e. The largest absolute Gasteiger partial charge is 0.492 e. The van der Waals surface area contributed by atoms with Crippen LogP contribution in [0.3, 0.4) is 0 Å². The average molecular weight is 296 g/mol. The van der Waals surface area contributed by atoms with Crippen LogP contribution in [-0.2, 0) is 4.74 Å². The van der Waals surface area contributed by atoms with Gasteiger partial charge < -0.3 is 19.7 Å². The van der Waals surface area contributed by atoms with Crippen molar-refractivity contribution >= 4 is 23.0 Å². The van der Waals surface area contributed by atoms with Crippen LogP contribution in [0.2, 0.25) is 0 Å². The van der Waals surface area contributed by atoms with Gasteiger partial charge in [-0.05, 0) is 37.7 Å². The minimum Gasteiger partial charge on any atom is -0.492 e. The van der Waals surface area contributed by atoms with E-state index in [1.165, 1.54) is 0 Å². The van der Waals surface area contributed by atoms with Gasteiger partial charge >= 0.3 is 0 Å². The van der Waals surface area contributed by atoms with Crippen LogP contribution in [0, 0.1) is 0 Å². The van der Waals surface area contributed by atoms with E-state index >= 15 is 0 Å². The van der Waals surface area contributed by atoms with Gasteiger partial charge in [-0.2, -0.15) is 0 Å². The monoisotopic (exact) mass is 296 g/mol. The highest BCUT2D eigenvalue weighted by molar-refractivity contribution is 7.80. The molecule has 1 aromatic carbocycles. The van der Waals surface area contributed by atoms with Crippen LogP contribution in [0.5, 0.6) is 5.75 Å². The molecule has 0 aliphatic heterocycles. The number of nitrogens with one attached hydrogen (secondary N) is 1. The fourth-order valence-electron chi connectivity index (χ4n) is 1.83. The van der Waals surface area contributed by atoms with Gasteiger partial charge in [0.2, 0.25) is 0 Å². The first-order chi connectivity index (χ1) is 9.72. The number of benzene rings is 1. The number of para-hydroxylation sites is 2. The van der Waals surface area contributed by atoms with Gasteiger partial charge in [0.15, 0.2) is 5.11 Å². The Kier molecular flexibility index (Phi) is 7.99. The van der Waals surface area contributed by atoms with Crippen molar-refractivity contribution in [1.29, 1.82) is 0 Å². The summed E-state index contributed by atoms with van der Waals surface area (Å²) in [6.07, 6.45) is 1.04. The summed E-state index contributed by atoms with van der Waals surface area (Å²) < 4.78 is 10.7. The van der Waals surface area contributed by atoms with E-state index in [1.807, 2.05) is 31.2 Å². The molecule has 0 aliphatic carbocycles. The third-order valence-corrected chi connectivity index (χ3v) is 3.13. The van der Waals surface area contributed by atoms with Crippen molar-refractivity contribution in [3.05, 3.63) is 24.3 Å². The fraction of sp³-hybridized carbons (Fsp3) is 0.533. The molecule has 0 bridgehead atoms. The van der Waals surface area contributed by atoms with Gasteiger partial charge in [0.1, 0.15) is 5.75 Å². The lowest BCUT2D eigenvalue weighted by atomic mass is 10.3. The highest BCUT2D eigenvalue weighted by Crippen LogP contribution is 2.24. The molecule has 0 aliphatic rings. The number of nitrogens with zero attached hydrogens (tertiary/aromatic N) is 1. The van der Waals surface area contributed by atoms with Crippen molar-refractivity contribution in [2.75, 3.05) is 38.7 Å². The van der Waals surface area contributed by atoms with Gasteiger partial charge in [0, 0.05) is 20.2 Å². The molecule has 4 nitrogen and oxygen atoms in total. The lowest BCUT2D eigenvalue weighted by Gasteiger charge is -2.25. The van der Waals surface area contributed by atoms with Crippen molar-refractivity contribution in [2.45, 2.75) is 20.3 Å². The van der Waals surface area contributed by atoms with Crippen LogP contribution in [0.15, 0.2) is 24.3 Å². The molecule has 0 atom stereocenters. The Morgan fingerprint density at radius 3 is 2.65 bits per heavy atom. The predicted octanol–water partition coefficient (Wildman–Crippen LogP) is 3.14. The number of methoxy groups -OCH3 is 1. The highest BCUT2D eigenvalue weighted by atomic mass is 32.1. The quantitative estimate of drug-likeness (QED) is 0.745. The van der Waals surface area contributed by atoms with Crippen LogP contribution in [-0.4, -0.2) is 43.4 Å². The van der Waals surface area contributed by atoms with E-state index in [-0.39, 0.29) is 0 Å². The van der Waals surface area contributed by atoms with Crippen LogP contribution in [0.25, 0.3) is 0 Å². The van der Waals surface area contributed by atoms with Gasteiger partial charge in [-0.25, -0.2) is 0 Å². The number of hydrogen-bond acceptors (Lipinski definition) is 3. The van der Waals surface area contributed by atoms with E-state index in [0.717, 1.165) is 30.9 Å². The second-order valence-corrected chi connectivity index (χ2v) is 4.73. The highest BCUT2D eigenvalue weighted by Gasteiger charge is 2.11. The summed E-state index contributed by atoms with van der Waals surface area (Å²) in [6.45, 7) is 7.09. The molecule has 0 radical (unpaired) electrons. The smallest absolute Gasteiger partial charge is 0.173 e. The summed E-state index contributed by atoms with van der Waals surface area (Å²) >= 11 is 5.48. The molecule has 0 spiro atoms. The van der Waals surface area contributed by atoms with E-state index in [1.54, 1.807) is 7.11 Å². The van der Waals surface area contributed by atoms with Crippen molar-refractivity contribution < 1.29 is 9.47 Å². The molecular weight excluding hydrogens is 272 g/mol. The topological polar surface area (TPSA) is 33.7 Å². The van der Waals surface area contributed by atoms with Gasteiger partial charge in [0.25, 0.3) is 0 Å². The molecule has 0 heterocycles. The molecule has 0 fully saturated rings. The van der Waals surface area contributed by atoms with Crippen molar-refractivity contribution in [2.24, 2.45) is 0 Å². The summed E-state index contributed by atoms with van der Waals surface area (Å²) in [4.78, 5) is 2.11. The molecular formula is C15H24N2O2S. The third-order valence-electron chi connectivity index (χ3n) is 2.77. The molecule has 20 heavy (non-hydrogen) atoms. The Bertz CT molecular complexity index is 413. The second kappa shape index (κ2) is 9.55. The second-order valence-electron chi connectivity index (χ2n) is 4.34. The molecule has 112 valence electrons. The number of hydrogen-bond donors (Lipinski definition) is 1. The molecule has 0 amide bonds.